The third-order valence-electron chi connectivity index (χ3n) is 3.81. The highest BCUT2D eigenvalue weighted by molar-refractivity contribution is 5.96. The molecule has 0 unspecified atom stereocenters. The second-order valence-electron chi connectivity index (χ2n) is 5.58. The molecule has 0 bridgehead atoms. The van der Waals surface area contributed by atoms with E-state index in [1.54, 1.807) is 7.11 Å². The molecule has 3 nitrogen and oxygen atoms in total. The van der Waals surface area contributed by atoms with Crippen LogP contribution in [-0.2, 0) is 0 Å². The molecule has 0 radical (unpaired) electrons. The van der Waals surface area contributed by atoms with Crippen molar-refractivity contribution in [2.75, 3.05) is 12.4 Å². The minimum atomic E-state index is 0.464. The van der Waals surface area contributed by atoms with Crippen LogP contribution in [-0.4, -0.2) is 12.1 Å². The van der Waals surface area contributed by atoms with Crippen LogP contribution in [0.2, 0.25) is 0 Å². The molecule has 0 aliphatic carbocycles. The maximum Gasteiger partial charge on any atom is 0.145 e. The molecule has 0 saturated carbocycles. The summed E-state index contributed by atoms with van der Waals surface area (Å²) in [5.74, 6) is 1.25. The number of rotatable bonds is 4. The van der Waals surface area contributed by atoms with E-state index in [-0.39, 0.29) is 0 Å². The van der Waals surface area contributed by atoms with Crippen molar-refractivity contribution in [3.8, 4) is 5.75 Å². The molecular formula is C19H20N2O. The lowest BCUT2D eigenvalue weighted by Gasteiger charge is -2.16. The van der Waals surface area contributed by atoms with Crippen LogP contribution in [0, 0.1) is 0 Å². The van der Waals surface area contributed by atoms with Crippen molar-refractivity contribution >= 4 is 22.3 Å². The highest BCUT2D eigenvalue weighted by Crippen LogP contribution is 2.32. The van der Waals surface area contributed by atoms with Crippen molar-refractivity contribution in [1.82, 2.24) is 4.98 Å². The number of nitrogens with one attached hydrogen (secondary N) is 1. The molecule has 0 amide bonds. The van der Waals surface area contributed by atoms with E-state index in [2.05, 4.69) is 54.5 Å². The number of hydrogen-bond donors (Lipinski definition) is 1. The smallest absolute Gasteiger partial charge is 0.145 e. The lowest BCUT2D eigenvalue weighted by atomic mass is 10.0. The molecule has 1 heterocycles. The summed E-state index contributed by atoms with van der Waals surface area (Å²) < 4.78 is 5.40. The standard InChI is InChI=1S/C19H20N2O/c1-13(2)14-7-4-5-9-16(14)21-17-11-12-20-19-15(17)8-6-10-18(19)22-3/h4-13H,1-3H3,(H,20,21). The number of anilines is 2. The van der Waals surface area contributed by atoms with Gasteiger partial charge in [0.15, 0.2) is 0 Å². The third-order valence-corrected chi connectivity index (χ3v) is 3.81. The molecule has 1 N–H and O–H groups in total. The summed E-state index contributed by atoms with van der Waals surface area (Å²) >= 11 is 0. The zero-order chi connectivity index (χ0) is 15.5. The Morgan fingerprint density at radius 2 is 1.77 bits per heavy atom. The number of nitrogens with zero attached hydrogens (tertiary/aromatic N) is 1. The van der Waals surface area contributed by atoms with Gasteiger partial charge in [0.05, 0.1) is 7.11 Å². The Kier molecular flexibility index (Phi) is 3.96. The van der Waals surface area contributed by atoms with Gasteiger partial charge in [-0.3, -0.25) is 4.98 Å². The van der Waals surface area contributed by atoms with Crippen LogP contribution in [0.4, 0.5) is 11.4 Å². The topological polar surface area (TPSA) is 34.1 Å². The first-order valence-electron chi connectivity index (χ1n) is 7.48. The minimum Gasteiger partial charge on any atom is -0.494 e. The van der Waals surface area contributed by atoms with Gasteiger partial charge >= 0.3 is 0 Å². The molecule has 22 heavy (non-hydrogen) atoms. The summed E-state index contributed by atoms with van der Waals surface area (Å²) in [6.45, 7) is 4.41. The Balaban J connectivity index is 2.09. The SMILES string of the molecule is COc1cccc2c(Nc3ccccc3C(C)C)ccnc12. The summed E-state index contributed by atoms with van der Waals surface area (Å²) in [5.41, 5.74) is 4.34. The monoisotopic (exact) mass is 292 g/mol. The zero-order valence-corrected chi connectivity index (χ0v) is 13.1. The highest BCUT2D eigenvalue weighted by atomic mass is 16.5. The second-order valence-corrected chi connectivity index (χ2v) is 5.58. The van der Waals surface area contributed by atoms with Crippen LogP contribution < -0.4 is 10.1 Å². The van der Waals surface area contributed by atoms with E-state index >= 15 is 0 Å². The van der Waals surface area contributed by atoms with E-state index in [1.807, 2.05) is 24.4 Å². The molecule has 0 aliphatic rings. The number of fused-ring (bicyclic) bond motifs is 1. The van der Waals surface area contributed by atoms with Gasteiger partial charge in [-0.1, -0.05) is 44.2 Å². The average Bonchev–Trinajstić information content (AvgIpc) is 2.55. The van der Waals surface area contributed by atoms with Crippen LogP contribution in [0.5, 0.6) is 5.75 Å². The summed E-state index contributed by atoms with van der Waals surface area (Å²) in [5, 5.41) is 4.61. The number of para-hydroxylation sites is 2. The molecule has 3 heteroatoms. The molecule has 1 aromatic heterocycles. The largest absolute Gasteiger partial charge is 0.494 e. The molecule has 0 fully saturated rings. The molecule has 0 saturated heterocycles. The van der Waals surface area contributed by atoms with Crippen molar-refractivity contribution in [3.05, 3.63) is 60.3 Å². The van der Waals surface area contributed by atoms with Gasteiger partial charge in [0, 0.05) is 23.0 Å². The van der Waals surface area contributed by atoms with E-state index in [0.29, 0.717) is 5.92 Å². The van der Waals surface area contributed by atoms with Crippen LogP contribution >= 0.6 is 0 Å². The van der Waals surface area contributed by atoms with E-state index in [1.165, 1.54) is 5.56 Å². The molecule has 0 atom stereocenters. The molecule has 0 spiro atoms. The number of hydrogen-bond acceptors (Lipinski definition) is 3. The number of ether oxygens (including phenoxy) is 1. The Morgan fingerprint density at radius 1 is 0.955 bits per heavy atom. The molecule has 3 rings (SSSR count). The van der Waals surface area contributed by atoms with Crippen molar-refractivity contribution in [2.45, 2.75) is 19.8 Å². The summed E-state index contributed by atoms with van der Waals surface area (Å²) in [6.07, 6.45) is 1.81. The van der Waals surface area contributed by atoms with Crippen LogP contribution in [0.15, 0.2) is 54.7 Å². The van der Waals surface area contributed by atoms with Crippen LogP contribution in [0.25, 0.3) is 10.9 Å². The van der Waals surface area contributed by atoms with Gasteiger partial charge in [-0.2, -0.15) is 0 Å². The fourth-order valence-electron chi connectivity index (χ4n) is 2.68. The second kappa shape index (κ2) is 6.06. The zero-order valence-electron chi connectivity index (χ0n) is 13.1. The number of pyridine rings is 1. The molecule has 3 aromatic rings. The fraction of sp³-hybridized carbons (Fsp3) is 0.211. The van der Waals surface area contributed by atoms with Gasteiger partial charge in [0.25, 0.3) is 0 Å². The predicted molar refractivity (Wildman–Crippen MR) is 92.1 cm³/mol. The molecule has 2 aromatic carbocycles. The third kappa shape index (κ3) is 2.62. The summed E-state index contributed by atoms with van der Waals surface area (Å²) in [7, 11) is 1.67. The van der Waals surface area contributed by atoms with E-state index in [4.69, 9.17) is 4.74 Å². The van der Waals surface area contributed by atoms with Gasteiger partial charge in [-0.05, 0) is 29.7 Å². The molecule has 112 valence electrons. The van der Waals surface area contributed by atoms with Crippen LogP contribution in [0.1, 0.15) is 25.3 Å². The Bertz CT molecular complexity index is 796. The van der Waals surface area contributed by atoms with E-state index < -0.39 is 0 Å². The van der Waals surface area contributed by atoms with Gasteiger partial charge in [-0.15, -0.1) is 0 Å². The number of methoxy groups -OCH3 is 1. The minimum absolute atomic E-state index is 0.464. The first kappa shape index (κ1) is 14.4. The van der Waals surface area contributed by atoms with Crippen LogP contribution in [0.3, 0.4) is 0 Å². The van der Waals surface area contributed by atoms with Gasteiger partial charge < -0.3 is 10.1 Å². The number of benzene rings is 2. The maximum atomic E-state index is 5.40. The van der Waals surface area contributed by atoms with Crippen molar-refractivity contribution in [3.63, 3.8) is 0 Å². The van der Waals surface area contributed by atoms with E-state index in [0.717, 1.165) is 28.0 Å². The van der Waals surface area contributed by atoms with Crippen molar-refractivity contribution in [1.29, 1.82) is 0 Å². The maximum absolute atomic E-state index is 5.40. The predicted octanol–water partition coefficient (Wildman–Crippen LogP) is 5.11. The van der Waals surface area contributed by atoms with Gasteiger partial charge in [-0.25, -0.2) is 0 Å². The quantitative estimate of drug-likeness (QED) is 0.725. The van der Waals surface area contributed by atoms with E-state index in [9.17, 15) is 0 Å². The molecule has 0 aliphatic heterocycles. The number of aromatic nitrogens is 1. The lowest BCUT2D eigenvalue weighted by Crippen LogP contribution is -1.99. The lowest BCUT2D eigenvalue weighted by molar-refractivity contribution is 0.419. The Labute approximate surface area is 131 Å². The molecular weight excluding hydrogens is 272 g/mol. The summed E-state index contributed by atoms with van der Waals surface area (Å²) in [4.78, 5) is 4.45. The highest BCUT2D eigenvalue weighted by Gasteiger charge is 2.10. The van der Waals surface area contributed by atoms with Crippen molar-refractivity contribution < 1.29 is 4.74 Å². The van der Waals surface area contributed by atoms with Gasteiger partial charge in [0.1, 0.15) is 11.3 Å². The Morgan fingerprint density at radius 3 is 2.55 bits per heavy atom. The normalized spacial score (nSPS) is 10.9. The van der Waals surface area contributed by atoms with Gasteiger partial charge in [0.2, 0.25) is 0 Å². The first-order valence-corrected chi connectivity index (χ1v) is 7.48. The average molecular weight is 292 g/mol. The first-order chi connectivity index (χ1) is 10.7. The summed E-state index contributed by atoms with van der Waals surface area (Å²) in [6, 6.07) is 16.4. The fourth-order valence-corrected chi connectivity index (χ4v) is 2.68. The Hall–Kier alpha value is -2.55. The van der Waals surface area contributed by atoms with Crippen molar-refractivity contribution in [2.24, 2.45) is 0 Å².